The van der Waals surface area contributed by atoms with Gasteiger partial charge in [-0.3, -0.25) is 0 Å². The zero-order chi connectivity index (χ0) is 7.71. The van der Waals surface area contributed by atoms with Crippen LogP contribution in [-0.4, -0.2) is 12.7 Å². The van der Waals surface area contributed by atoms with Crippen molar-refractivity contribution in [1.82, 2.24) is 0 Å². The molecule has 0 aromatic heterocycles. The van der Waals surface area contributed by atoms with E-state index in [-0.39, 0.29) is 0 Å². The first-order valence-electron chi connectivity index (χ1n) is 5.26. The van der Waals surface area contributed by atoms with E-state index in [9.17, 15) is 0 Å². The van der Waals surface area contributed by atoms with Crippen LogP contribution in [0.5, 0.6) is 0 Å². The number of ether oxygens (including phenoxy) is 1. The molecule has 4 rings (SSSR count). The lowest BCUT2D eigenvalue weighted by Crippen LogP contribution is -2.26. The van der Waals surface area contributed by atoms with Gasteiger partial charge in [0.25, 0.3) is 0 Å². The molecule has 1 saturated heterocycles. The van der Waals surface area contributed by atoms with Crippen molar-refractivity contribution in [3.8, 4) is 0 Å². The fourth-order valence-corrected chi connectivity index (χ4v) is 4.18. The first kappa shape index (κ1) is 6.20. The van der Waals surface area contributed by atoms with Crippen molar-refractivity contribution in [3.05, 3.63) is 11.6 Å². The molecule has 1 heterocycles. The van der Waals surface area contributed by atoms with Gasteiger partial charge < -0.3 is 4.74 Å². The Bertz CT molecular complexity index is 268. The summed E-state index contributed by atoms with van der Waals surface area (Å²) in [5.41, 5.74) is 1.70. The van der Waals surface area contributed by atoms with Crippen LogP contribution in [0, 0.1) is 23.7 Å². The normalized spacial score (nSPS) is 59.3. The van der Waals surface area contributed by atoms with Crippen LogP contribution in [0.3, 0.4) is 0 Å². The summed E-state index contributed by atoms with van der Waals surface area (Å²) in [6.07, 6.45) is 7.43. The van der Waals surface area contributed by atoms with Gasteiger partial charge >= 0.3 is 0 Å². The van der Waals surface area contributed by atoms with Crippen LogP contribution in [0.1, 0.15) is 19.3 Å². The van der Waals surface area contributed by atoms with Gasteiger partial charge in [0.15, 0.2) is 0 Å². The van der Waals surface area contributed by atoms with Crippen molar-refractivity contribution in [2.45, 2.75) is 25.4 Å². The maximum atomic E-state index is 5.80. The predicted molar refractivity (Wildman–Crippen MR) is 45.6 cm³/mol. The standard InChI is InChI=1S/C11H14O/c1-2-7-4-10-8-3-6(1)11(7)9(8)5-12-10/h3,6-7,9-11H,1-2,4-5H2. The van der Waals surface area contributed by atoms with E-state index in [2.05, 4.69) is 6.08 Å². The third kappa shape index (κ3) is 0.517. The third-order valence-electron chi connectivity index (χ3n) is 4.57. The Kier molecular flexibility index (Phi) is 0.926. The highest BCUT2D eigenvalue weighted by Crippen LogP contribution is 2.59. The molecule has 1 aliphatic heterocycles. The molecule has 3 aliphatic carbocycles. The maximum Gasteiger partial charge on any atom is 0.0791 e. The van der Waals surface area contributed by atoms with Gasteiger partial charge in [-0.2, -0.15) is 0 Å². The van der Waals surface area contributed by atoms with Gasteiger partial charge in [-0.15, -0.1) is 0 Å². The zero-order valence-electron chi connectivity index (χ0n) is 7.20. The molecular weight excluding hydrogens is 148 g/mol. The third-order valence-corrected chi connectivity index (χ3v) is 4.57. The summed E-state index contributed by atoms with van der Waals surface area (Å²) < 4.78 is 5.80. The van der Waals surface area contributed by atoms with E-state index in [0.717, 1.165) is 30.3 Å². The number of allylic oxidation sites excluding steroid dienone is 1. The van der Waals surface area contributed by atoms with Crippen LogP contribution < -0.4 is 0 Å². The van der Waals surface area contributed by atoms with Crippen molar-refractivity contribution in [3.63, 3.8) is 0 Å². The molecule has 12 heavy (non-hydrogen) atoms. The predicted octanol–water partition coefficient (Wildman–Crippen LogP) is 1.99. The lowest BCUT2D eigenvalue weighted by Gasteiger charge is -2.28. The highest BCUT2D eigenvalue weighted by Gasteiger charge is 2.55. The van der Waals surface area contributed by atoms with Gasteiger partial charge in [-0.25, -0.2) is 0 Å². The SMILES string of the molecule is C1=C2C3CC4CCC1C4C2CO3. The molecular formula is C11H14O. The fraction of sp³-hybridized carbons (Fsp3) is 0.818. The smallest absolute Gasteiger partial charge is 0.0791 e. The van der Waals surface area contributed by atoms with Gasteiger partial charge in [0.2, 0.25) is 0 Å². The van der Waals surface area contributed by atoms with Crippen LogP contribution in [-0.2, 0) is 4.74 Å². The van der Waals surface area contributed by atoms with E-state index in [1.54, 1.807) is 5.57 Å². The number of hydrogen-bond acceptors (Lipinski definition) is 1. The average Bonchev–Trinajstić information content (AvgIpc) is 2.59. The topological polar surface area (TPSA) is 9.23 Å². The van der Waals surface area contributed by atoms with Gasteiger partial charge in [0.05, 0.1) is 12.7 Å². The summed E-state index contributed by atoms with van der Waals surface area (Å²) in [6.45, 7) is 1.05. The van der Waals surface area contributed by atoms with Gasteiger partial charge in [0, 0.05) is 5.92 Å². The summed E-state index contributed by atoms with van der Waals surface area (Å²) in [7, 11) is 0. The van der Waals surface area contributed by atoms with Crippen LogP contribution >= 0.6 is 0 Å². The van der Waals surface area contributed by atoms with Crippen LogP contribution in [0.2, 0.25) is 0 Å². The maximum absolute atomic E-state index is 5.80. The minimum atomic E-state index is 0.557. The second kappa shape index (κ2) is 1.79. The molecule has 4 aliphatic rings. The molecule has 2 saturated carbocycles. The Labute approximate surface area is 72.8 Å². The van der Waals surface area contributed by atoms with E-state index in [0.29, 0.717) is 6.10 Å². The molecule has 0 aromatic rings. The zero-order valence-corrected chi connectivity index (χ0v) is 7.20. The quantitative estimate of drug-likeness (QED) is 0.495. The average molecular weight is 162 g/mol. The molecule has 5 atom stereocenters. The van der Waals surface area contributed by atoms with Gasteiger partial charge in [-0.1, -0.05) is 6.08 Å². The molecule has 1 nitrogen and oxygen atoms in total. The van der Waals surface area contributed by atoms with Gasteiger partial charge in [0.1, 0.15) is 0 Å². The van der Waals surface area contributed by atoms with E-state index in [1.165, 1.54) is 19.3 Å². The minimum Gasteiger partial charge on any atom is -0.373 e. The van der Waals surface area contributed by atoms with Crippen LogP contribution in [0.4, 0.5) is 0 Å². The molecule has 0 aromatic carbocycles. The molecule has 5 unspecified atom stereocenters. The Hall–Kier alpha value is -0.300. The fourth-order valence-electron chi connectivity index (χ4n) is 4.18. The second-order valence-electron chi connectivity index (χ2n) is 4.91. The monoisotopic (exact) mass is 162 g/mol. The first-order chi connectivity index (χ1) is 5.93. The Morgan fingerprint density at radius 1 is 1.33 bits per heavy atom. The van der Waals surface area contributed by atoms with Crippen molar-refractivity contribution < 1.29 is 4.74 Å². The van der Waals surface area contributed by atoms with E-state index >= 15 is 0 Å². The summed E-state index contributed by atoms with van der Waals surface area (Å²) in [5, 5.41) is 0. The van der Waals surface area contributed by atoms with E-state index in [4.69, 9.17) is 4.74 Å². The van der Waals surface area contributed by atoms with Crippen molar-refractivity contribution in [2.75, 3.05) is 6.61 Å². The van der Waals surface area contributed by atoms with Crippen molar-refractivity contribution >= 4 is 0 Å². The summed E-state index contributed by atoms with van der Waals surface area (Å²) in [5.74, 6) is 3.86. The summed E-state index contributed by atoms with van der Waals surface area (Å²) in [4.78, 5) is 0. The molecule has 4 bridgehead atoms. The van der Waals surface area contributed by atoms with Crippen molar-refractivity contribution in [1.29, 1.82) is 0 Å². The second-order valence-corrected chi connectivity index (χ2v) is 4.91. The molecule has 64 valence electrons. The Morgan fingerprint density at radius 2 is 2.33 bits per heavy atom. The van der Waals surface area contributed by atoms with Crippen LogP contribution in [0.25, 0.3) is 0 Å². The van der Waals surface area contributed by atoms with Gasteiger partial charge in [-0.05, 0) is 42.6 Å². The number of rotatable bonds is 0. The lowest BCUT2D eigenvalue weighted by molar-refractivity contribution is 0.113. The summed E-state index contributed by atoms with van der Waals surface area (Å²) >= 11 is 0. The molecule has 0 amide bonds. The first-order valence-corrected chi connectivity index (χ1v) is 5.26. The molecule has 1 heteroatoms. The Balaban J connectivity index is 1.91. The van der Waals surface area contributed by atoms with E-state index < -0.39 is 0 Å². The number of hydrogen-bond donors (Lipinski definition) is 0. The van der Waals surface area contributed by atoms with Crippen molar-refractivity contribution in [2.24, 2.45) is 23.7 Å². The molecule has 3 fully saturated rings. The summed E-state index contributed by atoms with van der Waals surface area (Å²) in [6, 6.07) is 0. The minimum absolute atomic E-state index is 0.557. The molecule has 0 radical (unpaired) electrons. The molecule has 0 N–H and O–H groups in total. The van der Waals surface area contributed by atoms with Crippen LogP contribution in [0.15, 0.2) is 11.6 Å². The Morgan fingerprint density at radius 3 is 3.33 bits per heavy atom. The largest absolute Gasteiger partial charge is 0.373 e. The molecule has 0 spiro atoms. The highest BCUT2D eigenvalue weighted by molar-refractivity contribution is 5.31. The highest BCUT2D eigenvalue weighted by atomic mass is 16.5. The lowest BCUT2D eigenvalue weighted by atomic mass is 9.75. The van der Waals surface area contributed by atoms with E-state index in [1.807, 2.05) is 0 Å².